The number of nitrogens with zero attached hydrogens (tertiary/aromatic N) is 1. The maximum atomic E-state index is 6.22. The van der Waals surface area contributed by atoms with Crippen LogP contribution >= 0.6 is 11.6 Å². The van der Waals surface area contributed by atoms with Crippen LogP contribution in [0.1, 0.15) is 27.2 Å². The van der Waals surface area contributed by atoms with E-state index in [4.69, 9.17) is 16.3 Å². The van der Waals surface area contributed by atoms with Gasteiger partial charge in [-0.2, -0.15) is 0 Å². The summed E-state index contributed by atoms with van der Waals surface area (Å²) in [5, 5.41) is 5.41. The van der Waals surface area contributed by atoms with E-state index in [0.29, 0.717) is 17.2 Å². The third-order valence-electron chi connectivity index (χ3n) is 4.60. The Hall–Kier alpha value is -1.32. The van der Waals surface area contributed by atoms with Gasteiger partial charge in [-0.3, -0.25) is 4.98 Å². The minimum atomic E-state index is 0.129. The first-order valence-electron chi connectivity index (χ1n) is 7.45. The highest BCUT2D eigenvalue weighted by Gasteiger charge is 2.48. The zero-order chi connectivity index (χ0) is 15.0. The van der Waals surface area contributed by atoms with Crippen molar-refractivity contribution in [3.05, 3.63) is 35.5 Å². The van der Waals surface area contributed by atoms with E-state index < -0.39 is 0 Å². The highest BCUT2D eigenvalue weighted by atomic mass is 35.5. The zero-order valence-corrected chi connectivity index (χ0v) is 13.4. The van der Waals surface area contributed by atoms with E-state index in [1.807, 2.05) is 18.2 Å². The van der Waals surface area contributed by atoms with Crippen molar-refractivity contribution in [3.8, 4) is 0 Å². The van der Waals surface area contributed by atoms with Gasteiger partial charge in [-0.25, -0.2) is 0 Å². The number of anilines is 1. The standard InChI is InChI=1S/C17H21ClN2O/c1-4-21-15-10-14(17(15,2)3)20-13-8-7-12(18)16-11(13)6-5-9-19-16/h5-9,14-15,20H,4,10H2,1-3H3. The Bertz CT molecular complexity index is 656. The van der Waals surface area contributed by atoms with E-state index in [2.05, 4.69) is 37.1 Å². The van der Waals surface area contributed by atoms with Crippen molar-refractivity contribution in [1.82, 2.24) is 4.98 Å². The summed E-state index contributed by atoms with van der Waals surface area (Å²) in [6, 6.07) is 8.35. The molecular formula is C17H21ClN2O. The van der Waals surface area contributed by atoms with Gasteiger partial charge in [0.1, 0.15) is 0 Å². The first-order chi connectivity index (χ1) is 10.0. The summed E-state index contributed by atoms with van der Waals surface area (Å²) in [7, 11) is 0. The van der Waals surface area contributed by atoms with Crippen LogP contribution < -0.4 is 5.32 Å². The second-order valence-electron chi connectivity index (χ2n) is 6.19. The molecule has 3 rings (SSSR count). The zero-order valence-electron chi connectivity index (χ0n) is 12.7. The maximum absolute atomic E-state index is 6.22. The maximum Gasteiger partial charge on any atom is 0.0908 e. The molecule has 0 amide bonds. The van der Waals surface area contributed by atoms with E-state index in [9.17, 15) is 0 Å². The predicted molar refractivity (Wildman–Crippen MR) is 88.0 cm³/mol. The Morgan fingerprint density at radius 1 is 1.38 bits per heavy atom. The summed E-state index contributed by atoms with van der Waals surface area (Å²) in [4.78, 5) is 4.38. The number of ether oxygens (including phenoxy) is 1. The second kappa shape index (κ2) is 5.47. The van der Waals surface area contributed by atoms with Crippen LogP contribution in [0.4, 0.5) is 5.69 Å². The topological polar surface area (TPSA) is 34.1 Å². The van der Waals surface area contributed by atoms with Crippen LogP contribution in [0.25, 0.3) is 10.9 Å². The molecule has 2 aromatic rings. The van der Waals surface area contributed by atoms with Gasteiger partial charge >= 0.3 is 0 Å². The second-order valence-corrected chi connectivity index (χ2v) is 6.60. The molecule has 2 unspecified atom stereocenters. The minimum absolute atomic E-state index is 0.129. The van der Waals surface area contributed by atoms with E-state index in [-0.39, 0.29) is 5.41 Å². The van der Waals surface area contributed by atoms with Gasteiger partial charge in [0, 0.05) is 35.3 Å². The molecule has 1 heterocycles. The third-order valence-corrected chi connectivity index (χ3v) is 4.90. The predicted octanol–water partition coefficient (Wildman–Crippen LogP) is 4.50. The van der Waals surface area contributed by atoms with Crippen LogP contribution in [-0.4, -0.2) is 23.7 Å². The smallest absolute Gasteiger partial charge is 0.0908 e. The van der Waals surface area contributed by atoms with Crippen molar-refractivity contribution in [3.63, 3.8) is 0 Å². The van der Waals surface area contributed by atoms with Crippen molar-refractivity contribution in [2.75, 3.05) is 11.9 Å². The molecule has 4 heteroatoms. The number of fused-ring (bicyclic) bond motifs is 1. The molecule has 1 N–H and O–H groups in total. The molecule has 1 aliphatic rings. The summed E-state index contributed by atoms with van der Waals surface area (Å²) in [5.41, 5.74) is 2.07. The fourth-order valence-electron chi connectivity index (χ4n) is 3.07. The quantitative estimate of drug-likeness (QED) is 0.903. The van der Waals surface area contributed by atoms with E-state index in [1.54, 1.807) is 6.20 Å². The SMILES string of the molecule is CCOC1CC(Nc2ccc(Cl)c3ncccc23)C1(C)C. The van der Waals surface area contributed by atoms with Gasteiger partial charge in [0.15, 0.2) is 0 Å². The number of nitrogens with one attached hydrogen (secondary N) is 1. The molecule has 1 aromatic heterocycles. The lowest BCUT2D eigenvalue weighted by Crippen LogP contribution is -2.58. The lowest BCUT2D eigenvalue weighted by Gasteiger charge is -2.52. The molecule has 0 radical (unpaired) electrons. The molecule has 2 atom stereocenters. The summed E-state index contributed by atoms with van der Waals surface area (Å²) in [6.07, 6.45) is 3.14. The molecule has 1 aliphatic carbocycles. The van der Waals surface area contributed by atoms with Crippen LogP contribution in [0.5, 0.6) is 0 Å². The van der Waals surface area contributed by atoms with Gasteiger partial charge in [0.25, 0.3) is 0 Å². The first kappa shape index (κ1) is 14.6. The number of pyridine rings is 1. The van der Waals surface area contributed by atoms with Gasteiger partial charge < -0.3 is 10.1 Å². The summed E-state index contributed by atoms with van der Waals surface area (Å²) in [6.45, 7) is 7.33. The van der Waals surface area contributed by atoms with Crippen molar-refractivity contribution in [2.45, 2.75) is 39.3 Å². The first-order valence-corrected chi connectivity index (χ1v) is 7.83. The number of hydrogen-bond donors (Lipinski definition) is 1. The number of aromatic nitrogens is 1. The molecule has 21 heavy (non-hydrogen) atoms. The Balaban J connectivity index is 1.85. The molecular weight excluding hydrogens is 284 g/mol. The van der Waals surface area contributed by atoms with Crippen molar-refractivity contribution in [1.29, 1.82) is 0 Å². The Morgan fingerprint density at radius 3 is 2.90 bits per heavy atom. The van der Waals surface area contributed by atoms with Gasteiger partial charge in [-0.05, 0) is 37.6 Å². The molecule has 0 saturated heterocycles. The van der Waals surface area contributed by atoms with Crippen LogP contribution in [0.15, 0.2) is 30.5 Å². The van der Waals surface area contributed by atoms with Crippen LogP contribution in [0.3, 0.4) is 0 Å². The third kappa shape index (κ3) is 2.49. The van der Waals surface area contributed by atoms with Gasteiger partial charge in [-0.1, -0.05) is 25.4 Å². The molecule has 112 valence electrons. The lowest BCUT2D eigenvalue weighted by molar-refractivity contribution is -0.0975. The Kier molecular flexibility index (Phi) is 3.80. The van der Waals surface area contributed by atoms with Gasteiger partial charge in [0.05, 0.1) is 16.6 Å². The molecule has 3 nitrogen and oxygen atoms in total. The average Bonchev–Trinajstić information content (AvgIpc) is 2.49. The fourth-order valence-corrected chi connectivity index (χ4v) is 3.28. The molecule has 1 aromatic carbocycles. The Labute approximate surface area is 130 Å². The van der Waals surface area contributed by atoms with Crippen molar-refractivity contribution < 1.29 is 4.74 Å². The van der Waals surface area contributed by atoms with E-state index >= 15 is 0 Å². The normalized spacial score (nSPS) is 23.8. The molecule has 0 bridgehead atoms. The molecule has 0 spiro atoms. The van der Waals surface area contributed by atoms with Gasteiger partial charge in [-0.15, -0.1) is 0 Å². The fraction of sp³-hybridized carbons (Fsp3) is 0.471. The van der Waals surface area contributed by atoms with Crippen LogP contribution in [-0.2, 0) is 4.74 Å². The number of rotatable bonds is 4. The largest absolute Gasteiger partial charge is 0.381 e. The summed E-state index contributed by atoms with van der Waals surface area (Å²) < 4.78 is 5.79. The summed E-state index contributed by atoms with van der Waals surface area (Å²) in [5.74, 6) is 0. The van der Waals surface area contributed by atoms with Crippen molar-refractivity contribution >= 4 is 28.2 Å². The van der Waals surface area contributed by atoms with Gasteiger partial charge in [0.2, 0.25) is 0 Å². The number of hydrogen-bond acceptors (Lipinski definition) is 3. The number of halogens is 1. The average molecular weight is 305 g/mol. The van der Waals surface area contributed by atoms with E-state index in [1.165, 1.54) is 0 Å². The van der Waals surface area contributed by atoms with Crippen molar-refractivity contribution in [2.24, 2.45) is 5.41 Å². The van der Waals surface area contributed by atoms with E-state index in [0.717, 1.165) is 29.6 Å². The van der Waals surface area contributed by atoms with Crippen LogP contribution in [0.2, 0.25) is 5.02 Å². The monoisotopic (exact) mass is 304 g/mol. The molecule has 0 aliphatic heterocycles. The number of benzene rings is 1. The summed E-state index contributed by atoms with van der Waals surface area (Å²) >= 11 is 6.22. The van der Waals surface area contributed by atoms with Crippen LogP contribution in [0, 0.1) is 5.41 Å². The highest BCUT2D eigenvalue weighted by Crippen LogP contribution is 2.45. The lowest BCUT2D eigenvalue weighted by atomic mass is 9.64. The minimum Gasteiger partial charge on any atom is -0.381 e. The molecule has 1 fully saturated rings. The Morgan fingerprint density at radius 2 is 2.19 bits per heavy atom. The molecule has 1 saturated carbocycles. The highest BCUT2D eigenvalue weighted by molar-refractivity contribution is 6.35.